The summed E-state index contributed by atoms with van der Waals surface area (Å²) in [6.07, 6.45) is 0.207. The number of ether oxygens (including phenoxy) is 1. The van der Waals surface area contributed by atoms with Crippen LogP contribution in [0, 0.1) is 11.8 Å². The molecule has 0 spiro atoms. The number of alkyl carbamates (subject to hydrolysis) is 1. The molecule has 1 N–H and O–H groups in total. The van der Waals surface area contributed by atoms with E-state index in [0.29, 0.717) is 24.8 Å². The van der Waals surface area contributed by atoms with Gasteiger partial charge in [-0.1, -0.05) is 57.7 Å². The number of rotatable bonds is 4. The van der Waals surface area contributed by atoms with Crippen LogP contribution in [0.5, 0.6) is 0 Å². The second-order valence-electron chi connectivity index (χ2n) is 7.60. The van der Waals surface area contributed by atoms with Crippen molar-refractivity contribution in [2.45, 2.75) is 72.3 Å². The lowest BCUT2D eigenvalue weighted by molar-refractivity contribution is 0.0529. The summed E-state index contributed by atoms with van der Waals surface area (Å²) in [6.45, 7) is 14.8. The van der Waals surface area contributed by atoms with E-state index in [2.05, 4.69) is 63.1 Å². The second kappa shape index (κ2) is 8.78. The molecule has 0 aliphatic rings. The summed E-state index contributed by atoms with van der Waals surface area (Å²) in [7, 11) is 0. The van der Waals surface area contributed by atoms with E-state index in [1.54, 1.807) is 0 Å². The number of carbonyl (C=O) groups is 1. The van der Waals surface area contributed by atoms with Crippen molar-refractivity contribution >= 4 is 6.09 Å². The summed E-state index contributed by atoms with van der Waals surface area (Å²) in [6, 6.07) is 6.42. The summed E-state index contributed by atoms with van der Waals surface area (Å²) in [4.78, 5) is 11.6. The van der Waals surface area contributed by atoms with Gasteiger partial charge in [-0.15, -0.1) is 0 Å². The van der Waals surface area contributed by atoms with Gasteiger partial charge in [0.2, 0.25) is 0 Å². The lowest BCUT2D eigenvalue weighted by atomic mass is 9.89. The third-order valence-electron chi connectivity index (χ3n) is 3.50. The summed E-state index contributed by atoms with van der Waals surface area (Å²) in [5.74, 6) is 7.39. The molecule has 1 aromatic rings. The highest BCUT2D eigenvalue weighted by Gasteiger charge is 2.15. The molecule has 0 saturated carbocycles. The molecule has 24 heavy (non-hydrogen) atoms. The highest BCUT2D eigenvalue weighted by atomic mass is 16.6. The van der Waals surface area contributed by atoms with Crippen LogP contribution < -0.4 is 5.32 Å². The van der Waals surface area contributed by atoms with Crippen LogP contribution in [0.25, 0.3) is 0 Å². The zero-order valence-corrected chi connectivity index (χ0v) is 16.1. The second-order valence-corrected chi connectivity index (χ2v) is 7.60. The van der Waals surface area contributed by atoms with Crippen LogP contribution in [0.1, 0.15) is 83.4 Å². The van der Waals surface area contributed by atoms with E-state index in [9.17, 15) is 4.79 Å². The normalized spacial score (nSPS) is 11.2. The first kappa shape index (κ1) is 20.1. The molecule has 0 aliphatic heterocycles. The number of nitrogens with one attached hydrogen (secondary N) is 1. The van der Waals surface area contributed by atoms with E-state index in [0.717, 1.165) is 5.56 Å². The molecule has 0 saturated heterocycles. The van der Waals surface area contributed by atoms with Crippen molar-refractivity contribution in [3.63, 3.8) is 0 Å². The molecule has 0 radical (unpaired) electrons. The van der Waals surface area contributed by atoms with E-state index < -0.39 is 11.7 Å². The number of hydrogen-bond donors (Lipinski definition) is 1. The maximum Gasteiger partial charge on any atom is 0.407 e. The Hall–Kier alpha value is -1.95. The smallest absolute Gasteiger partial charge is 0.407 e. The first-order valence-electron chi connectivity index (χ1n) is 8.70. The Morgan fingerprint density at radius 2 is 1.67 bits per heavy atom. The highest BCUT2D eigenvalue weighted by Crippen LogP contribution is 2.26. The van der Waals surface area contributed by atoms with Crippen molar-refractivity contribution in [1.29, 1.82) is 0 Å². The van der Waals surface area contributed by atoms with Gasteiger partial charge in [0.05, 0.1) is 0 Å². The maximum atomic E-state index is 11.6. The van der Waals surface area contributed by atoms with Crippen LogP contribution in [0.4, 0.5) is 4.79 Å². The third-order valence-corrected chi connectivity index (χ3v) is 3.50. The van der Waals surface area contributed by atoms with Gasteiger partial charge in [-0.3, -0.25) is 0 Å². The van der Waals surface area contributed by atoms with Crippen LogP contribution in [-0.4, -0.2) is 18.2 Å². The lowest BCUT2D eigenvalue weighted by Crippen LogP contribution is -2.32. The minimum atomic E-state index is -0.474. The predicted octanol–water partition coefficient (Wildman–Crippen LogP) is 5.20. The lowest BCUT2D eigenvalue weighted by Gasteiger charge is -2.19. The zero-order valence-electron chi connectivity index (χ0n) is 16.1. The van der Waals surface area contributed by atoms with Gasteiger partial charge in [0.15, 0.2) is 0 Å². The number of benzene rings is 1. The van der Waals surface area contributed by atoms with Gasteiger partial charge in [-0.2, -0.15) is 0 Å². The van der Waals surface area contributed by atoms with E-state index in [1.807, 2.05) is 20.8 Å². The highest BCUT2D eigenvalue weighted by molar-refractivity contribution is 5.67. The molecule has 3 heteroatoms. The van der Waals surface area contributed by atoms with Crippen molar-refractivity contribution < 1.29 is 9.53 Å². The Balaban J connectivity index is 2.74. The fourth-order valence-corrected chi connectivity index (χ4v) is 2.39. The van der Waals surface area contributed by atoms with Crippen LogP contribution in [0.3, 0.4) is 0 Å². The molecule has 132 valence electrons. The standard InChI is InChI=1S/C21H31NO2/c1-15(2)17-12-10-13-18(16(3)4)19(17)11-8-9-14-22-20(23)24-21(5,6)7/h10,12-13,15-16H,9,14H2,1-7H3,(H,22,23). The Labute approximate surface area is 147 Å². The predicted molar refractivity (Wildman–Crippen MR) is 100 cm³/mol. The van der Waals surface area contributed by atoms with Gasteiger partial charge >= 0.3 is 6.09 Å². The first-order chi connectivity index (χ1) is 11.1. The summed E-state index contributed by atoms with van der Waals surface area (Å²) in [5, 5.41) is 2.74. The Morgan fingerprint density at radius 3 is 2.12 bits per heavy atom. The van der Waals surface area contributed by atoms with Gasteiger partial charge in [0.1, 0.15) is 5.60 Å². The van der Waals surface area contributed by atoms with E-state index in [4.69, 9.17) is 4.74 Å². The number of hydrogen-bond acceptors (Lipinski definition) is 2. The molecule has 0 aromatic heterocycles. The van der Waals surface area contributed by atoms with E-state index in [-0.39, 0.29) is 0 Å². The average Bonchev–Trinajstić information content (AvgIpc) is 2.44. The fraction of sp³-hybridized carbons (Fsp3) is 0.571. The van der Waals surface area contributed by atoms with Gasteiger partial charge < -0.3 is 10.1 Å². The maximum absolute atomic E-state index is 11.6. The molecule has 0 heterocycles. The fourth-order valence-electron chi connectivity index (χ4n) is 2.39. The van der Waals surface area contributed by atoms with Crippen LogP contribution in [0.15, 0.2) is 18.2 Å². The molecule has 0 atom stereocenters. The van der Waals surface area contributed by atoms with E-state index >= 15 is 0 Å². The third kappa shape index (κ3) is 6.66. The molecule has 1 amide bonds. The van der Waals surface area contributed by atoms with Crippen molar-refractivity contribution in [3.8, 4) is 11.8 Å². The molecular formula is C21H31NO2. The van der Waals surface area contributed by atoms with Gasteiger partial charge in [0.25, 0.3) is 0 Å². The molecule has 0 fully saturated rings. The monoisotopic (exact) mass is 329 g/mol. The van der Waals surface area contributed by atoms with Crippen molar-refractivity contribution in [3.05, 3.63) is 34.9 Å². The molecule has 0 bridgehead atoms. The number of carbonyl (C=O) groups excluding carboxylic acids is 1. The molecule has 0 aliphatic carbocycles. The average molecular weight is 329 g/mol. The van der Waals surface area contributed by atoms with Crippen molar-refractivity contribution in [2.24, 2.45) is 0 Å². The van der Waals surface area contributed by atoms with Gasteiger partial charge in [0, 0.05) is 18.5 Å². The summed E-state index contributed by atoms with van der Waals surface area (Å²) in [5.41, 5.74) is 3.24. The summed E-state index contributed by atoms with van der Waals surface area (Å²) >= 11 is 0. The SMILES string of the molecule is CC(C)c1cccc(C(C)C)c1C#CCCNC(=O)OC(C)(C)C. The van der Waals surface area contributed by atoms with Gasteiger partial charge in [-0.05, 0) is 43.7 Å². The van der Waals surface area contributed by atoms with Crippen LogP contribution in [-0.2, 0) is 4.74 Å². The van der Waals surface area contributed by atoms with Crippen molar-refractivity contribution in [2.75, 3.05) is 6.54 Å². The molecule has 3 nitrogen and oxygen atoms in total. The minimum absolute atomic E-state index is 0.394. The summed E-state index contributed by atoms with van der Waals surface area (Å²) < 4.78 is 5.21. The largest absolute Gasteiger partial charge is 0.444 e. The van der Waals surface area contributed by atoms with Crippen LogP contribution in [0.2, 0.25) is 0 Å². The zero-order chi connectivity index (χ0) is 18.3. The van der Waals surface area contributed by atoms with Gasteiger partial charge in [-0.25, -0.2) is 4.79 Å². The Kier molecular flexibility index (Phi) is 7.35. The Morgan fingerprint density at radius 1 is 1.12 bits per heavy atom. The van der Waals surface area contributed by atoms with Crippen molar-refractivity contribution in [1.82, 2.24) is 5.32 Å². The molecule has 0 unspecified atom stereocenters. The van der Waals surface area contributed by atoms with E-state index in [1.165, 1.54) is 11.1 Å². The first-order valence-corrected chi connectivity index (χ1v) is 8.70. The molecule has 1 rings (SSSR count). The molecular weight excluding hydrogens is 298 g/mol. The Bertz CT molecular complexity index is 587. The quantitative estimate of drug-likeness (QED) is 0.609. The molecule has 1 aromatic carbocycles. The number of amides is 1. The minimum Gasteiger partial charge on any atom is -0.444 e. The topological polar surface area (TPSA) is 38.3 Å². The van der Waals surface area contributed by atoms with Crippen LogP contribution >= 0.6 is 0 Å².